The molecule has 3 aromatic rings. The number of amides is 2. The maximum absolute atomic E-state index is 13.6. The van der Waals surface area contributed by atoms with E-state index in [1.165, 1.54) is 28.8 Å². The number of nitrogens with zero attached hydrogens (tertiary/aromatic N) is 3. The van der Waals surface area contributed by atoms with E-state index in [-0.39, 0.29) is 29.0 Å². The highest BCUT2D eigenvalue weighted by molar-refractivity contribution is 7.80. The summed E-state index contributed by atoms with van der Waals surface area (Å²) in [4.78, 5) is 32.8. The van der Waals surface area contributed by atoms with Gasteiger partial charge in [-0.2, -0.15) is 12.6 Å². The third kappa shape index (κ3) is 3.70. The monoisotopic (exact) mass is 476 g/mol. The number of imide groups is 1. The molecule has 0 spiro atoms. The minimum absolute atomic E-state index is 0.161. The van der Waals surface area contributed by atoms with Crippen LogP contribution >= 0.6 is 12.6 Å². The van der Waals surface area contributed by atoms with Crippen LogP contribution in [0.1, 0.15) is 46.4 Å². The molecule has 0 saturated carbocycles. The molecule has 2 atom stereocenters. The molecule has 6 rings (SSSR count). The maximum Gasteiger partial charge on any atom is 0.243 e. The molecule has 0 bridgehead atoms. The summed E-state index contributed by atoms with van der Waals surface area (Å²) in [7, 11) is 0. The van der Waals surface area contributed by atoms with E-state index >= 15 is 0 Å². The van der Waals surface area contributed by atoms with Gasteiger partial charge in [-0.15, -0.1) is 0 Å². The van der Waals surface area contributed by atoms with Crippen molar-refractivity contribution >= 4 is 35.3 Å². The third-order valence-corrected chi connectivity index (χ3v) is 7.96. The fraction of sp³-hybridized carbons (Fsp3) is 0.346. The number of rotatable bonds is 4. The molecule has 3 aliphatic rings. The summed E-state index contributed by atoms with van der Waals surface area (Å²) in [6.07, 6.45) is 2.66. The summed E-state index contributed by atoms with van der Waals surface area (Å²) >= 11 is 4.83. The van der Waals surface area contributed by atoms with E-state index < -0.39 is 0 Å². The van der Waals surface area contributed by atoms with Crippen molar-refractivity contribution in [3.63, 3.8) is 0 Å². The number of carbonyl (C=O) groups is 2. The highest BCUT2D eigenvalue weighted by Gasteiger charge is 2.40. The lowest BCUT2D eigenvalue weighted by molar-refractivity contribution is -0.137. The number of carbonyl (C=O) groups excluding carboxylic acids is 2. The molecule has 2 fully saturated rings. The first kappa shape index (κ1) is 21.7. The number of aromatic nitrogens is 1. The minimum Gasteiger partial charge on any atom is -0.298 e. The molecule has 3 aliphatic heterocycles. The van der Waals surface area contributed by atoms with E-state index in [4.69, 9.17) is 12.6 Å². The zero-order valence-corrected chi connectivity index (χ0v) is 19.5. The average Bonchev–Trinajstić information content (AvgIpc) is 3.12. The molecule has 6 nitrogen and oxygen atoms in total. The van der Waals surface area contributed by atoms with Crippen molar-refractivity contribution in [2.75, 3.05) is 13.1 Å². The van der Waals surface area contributed by atoms with Crippen LogP contribution in [0.25, 0.3) is 10.9 Å². The summed E-state index contributed by atoms with van der Waals surface area (Å²) in [5, 5.41) is 3.33. The van der Waals surface area contributed by atoms with E-state index in [0.717, 1.165) is 30.6 Å². The second-order valence-electron chi connectivity index (χ2n) is 9.45. The Balaban J connectivity index is 1.17. The summed E-state index contributed by atoms with van der Waals surface area (Å²) in [6, 6.07) is 12.8. The SMILES string of the molecule is O=C1CCC(N2Cc3c(CN4CC(c5ccnc6cc(F)ccc56)C4)cccc3C2S)C(=O)N1. The van der Waals surface area contributed by atoms with Gasteiger partial charge in [0.15, 0.2) is 0 Å². The Morgan fingerprint density at radius 2 is 1.97 bits per heavy atom. The highest BCUT2D eigenvalue weighted by Crippen LogP contribution is 2.41. The van der Waals surface area contributed by atoms with E-state index in [9.17, 15) is 14.0 Å². The Bertz CT molecular complexity index is 1310. The van der Waals surface area contributed by atoms with Crippen molar-refractivity contribution in [1.29, 1.82) is 0 Å². The van der Waals surface area contributed by atoms with Crippen molar-refractivity contribution < 1.29 is 14.0 Å². The first-order valence-corrected chi connectivity index (χ1v) is 12.1. The van der Waals surface area contributed by atoms with Crippen LogP contribution < -0.4 is 5.32 Å². The number of piperidine rings is 1. The van der Waals surface area contributed by atoms with Crippen LogP contribution in [0.5, 0.6) is 0 Å². The lowest BCUT2D eigenvalue weighted by Crippen LogP contribution is -2.51. The van der Waals surface area contributed by atoms with Crippen LogP contribution in [0.15, 0.2) is 48.7 Å². The van der Waals surface area contributed by atoms with Crippen LogP contribution in [-0.4, -0.2) is 45.7 Å². The number of hydrogen-bond donors (Lipinski definition) is 2. The molecule has 8 heteroatoms. The van der Waals surface area contributed by atoms with E-state index in [2.05, 4.69) is 38.3 Å². The number of fused-ring (bicyclic) bond motifs is 2. The highest BCUT2D eigenvalue weighted by atomic mass is 32.1. The number of thiol groups is 1. The number of pyridine rings is 1. The van der Waals surface area contributed by atoms with Crippen LogP contribution in [0, 0.1) is 5.82 Å². The van der Waals surface area contributed by atoms with Gasteiger partial charge in [0.05, 0.1) is 16.9 Å². The first-order valence-electron chi connectivity index (χ1n) is 11.6. The summed E-state index contributed by atoms with van der Waals surface area (Å²) in [5.74, 6) is -0.294. The van der Waals surface area contributed by atoms with Gasteiger partial charge >= 0.3 is 0 Å². The molecule has 0 aliphatic carbocycles. The number of halogens is 1. The molecule has 0 radical (unpaired) electrons. The normalized spacial score (nSPS) is 23.7. The van der Waals surface area contributed by atoms with Gasteiger partial charge in [-0.3, -0.25) is 29.7 Å². The average molecular weight is 477 g/mol. The lowest BCUT2D eigenvalue weighted by atomic mass is 9.88. The van der Waals surface area contributed by atoms with Crippen molar-refractivity contribution in [3.05, 3.63) is 76.7 Å². The summed E-state index contributed by atoms with van der Waals surface area (Å²) in [5.41, 5.74) is 5.56. The Morgan fingerprint density at radius 3 is 2.79 bits per heavy atom. The van der Waals surface area contributed by atoms with Gasteiger partial charge < -0.3 is 0 Å². The molecule has 1 aromatic heterocycles. The molecule has 2 amide bonds. The van der Waals surface area contributed by atoms with Gasteiger partial charge in [-0.25, -0.2) is 4.39 Å². The Hall–Kier alpha value is -2.81. The molecule has 2 aromatic carbocycles. The zero-order chi connectivity index (χ0) is 23.4. The molecular weight excluding hydrogens is 451 g/mol. The van der Waals surface area contributed by atoms with Gasteiger partial charge in [0, 0.05) is 56.2 Å². The largest absolute Gasteiger partial charge is 0.298 e. The van der Waals surface area contributed by atoms with Gasteiger partial charge in [-0.05, 0) is 46.9 Å². The van der Waals surface area contributed by atoms with Crippen LogP contribution in [-0.2, 0) is 22.7 Å². The number of nitrogens with one attached hydrogen (secondary N) is 1. The van der Waals surface area contributed by atoms with Crippen molar-refractivity contribution in [2.24, 2.45) is 0 Å². The fourth-order valence-corrected chi connectivity index (χ4v) is 6.08. The maximum atomic E-state index is 13.6. The van der Waals surface area contributed by atoms with Crippen molar-refractivity contribution in [2.45, 2.75) is 43.3 Å². The van der Waals surface area contributed by atoms with Crippen molar-refractivity contribution in [3.8, 4) is 0 Å². The molecule has 4 heterocycles. The van der Waals surface area contributed by atoms with Gasteiger partial charge in [-0.1, -0.05) is 18.2 Å². The number of benzene rings is 2. The summed E-state index contributed by atoms with van der Waals surface area (Å²) < 4.78 is 13.6. The second kappa shape index (κ2) is 8.45. The lowest BCUT2D eigenvalue weighted by Gasteiger charge is -2.40. The van der Waals surface area contributed by atoms with Crippen molar-refractivity contribution in [1.82, 2.24) is 20.1 Å². The molecule has 174 valence electrons. The first-order chi connectivity index (χ1) is 16.5. The van der Waals surface area contributed by atoms with Crippen LogP contribution in [0.3, 0.4) is 0 Å². The number of hydrogen-bond acceptors (Lipinski definition) is 6. The topological polar surface area (TPSA) is 65.5 Å². The Kier molecular flexibility index (Phi) is 5.39. The zero-order valence-electron chi connectivity index (χ0n) is 18.6. The predicted molar refractivity (Wildman–Crippen MR) is 130 cm³/mol. The quantitative estimate of drug-likeness (QED) is 0.446. The second-order valence-corrected chi connectivity index (χ2v) is 9.94. The third-order valence-electron chi connectivity index (χ3n) is 7.38. The molecule has 2 saturated heterocycles. The van der Waals surface area contributed by atoms with E-state index in [1.54, 1.807) is 6.20 Å². The standard InChI is InChI=1S/C26H25FN4O2S/c27-17-4-5-19-18(8-9-28-22(19)10-17)16-12-30(13-16)11-15-2-1-3-20-21(15)14-31(26(20)34)23-6-7-24(32)29-25(23)33/h1-5,8-10,16,23,26,34H,6-7,11-14H2,(H,29,32,33). The van der Waals surface area contributed by atoms with Gasteiger partial charge in [0.1, 0.15) is 5.82 Å². The smallest absolute Gasteiger partial charge is 0.243 e. The van der Waals surface area contributed by atoms with E-state index in [1.807, 2.05) is 12.1 Å². The molecular formula is C26H25FN4O2S. The molecule has 34 heavy (non-hydrogen) atoms. The van der Waals surface area contributed by atoms with E-state index in [0.29, 0.717) is 30.8 Å². The fourth-order valence-electron chi connectivity index (χ4n) is 5.60. The Morgan fingerprint density at radius 1 is 1.12 bits per heavy atom. The Labute approximate surface area is 202 Å². The molecule has 1 N–H and O–H groups in total. The molecule has 2 unspecified atom stereocenters. The van der Waals surface area contributed by atoms with Gasteiger partial charge in [0.25, 0.3) is 0 Å². The summed E-state index contributed by atoms with van der Waals surface area (Å²) in [6.45, 7) is 3.35. The van der Waals surface area contributed by atoms with Crippen LogP contribution in [0.2, 0.25) is 0 Å². The van der Waals surface area contributed by atoms with Crippen LogP contribution in [0.4, 0.5) is 4.39 Å². The van der Waals surface area contributed by atoms with Gasteiger partial charge in [0.2, 0.25) is 11.8 Å². The minimum atomic E-state index is -0.335. The number of likely N-dealkylation sites (tertiary alicyclic amines) is 1. The predicted octanol–water partition coefficient (Wildman–Crippen LogP) is 3.52.